The summed E-state index contributed by atoms with van der Waals surface area (Å²) in [5, 5.41) is 18.8. The molecule has 3 nitrogen and oxygen atoms in total. The van der Waals surface area contributed by atoms with Gasteiger partial charge in [-0.2, -0.15) is 5.26 Å². The molecule has 0 aromatic heterocycles. The molecule has 0 heterocycles. The van der Waals surface area contributed by atoms with Gasteiger partial charge in [0.05, 0.1) is 17.7 Å². The van der Waals surface area contributed by atoms with Gasteiger partial charge in [0.15, 0.2) is 0 Å². The molecule has 1 unspecified atom stereocenters. The van der Waals surface area contributed by atoms with Crippen LogP contribution in [-0.4, -0.2) is 18.2 Å². The summed E-state index contributed by atoms with van der Waals surface area (Å²) in [4.78, 5) is 2.15. The van der Waals surface area contributed by atoms with Crippen molar-refractivity contribution in [2.24, 2.45) is 0 Å². The highest BCUT2D eigenvalue weighted by Crippen LogP contribution is 2.28. The van der Waals surface area contributed by atoms with Crippen LogP contribution in [0.2, 0.25) is 0 Å². The molecule has 0 saturated carbocycles. The molecule has 98 valence electrons. The number of hydrogen-bond acceptors (Lipinski definition) is 3. The van der Waals surface area contributed by atoms with Crippen molar-refractivity contribution in [2.75, 3.05) is 11.9 Å². The minimum absolute atomic E-state index is 0.390. The first-order valence-electron chi connectivity index (χ1n) is 6.46. The molecule has 0 saturated heterocycles. The zero-order valence-corrected chi connectivity index (χ0v) is 11.6. The molecule has 1 N–H and O–H groups in total. The second-order valence-corrected chi connectivity index (χ2v) is 4.81. The lowest BCUT2D eigenvalue weighted by atomic mass is 10.0. The van der Waals surface area contributed by atoms with E-state index < -0.39 is 6.10 Å². The molecular formula is C15H22N2O. The van der Waals surface area contributed by atoms with E-state index in [-0.39, 0.29) is 0 Å². The van der Waals surface area contributed by atoms with Gasteiger partial charge in [-0.05, 0) is 32.4 Å². The predicted octanol–water partition coefficient (Wildman–Crippen LogP) is 3.24. The van der Waals surface area contributed by atoms with Crippen molar-refractivity contribution in [3.63, 3.8) is 0 Å². The Bertz CT molecular complexity index is 435. The summed E-state index contributed by atoms with van der Waals surface area (Å²) in [6.07, 6.45) is 1.68. The normalized spacial score (nSPS) is 13.8. The quantitative estimate of drug-likeness (QED) is 0.867. The fourth-order valence-electron chi connectivity index (χ4n) is 2.12. The van der Waals surface area contributed by atoms with Gasteiger partial charge in [0, 0.05) is 24.3 Å². The van der Waals surface area contributed by atoms with E-state index >= 15 is 0 Å². The van der Waals surface area contributed by atoms with E-state index in [1.165, 1.54) is 0 Å². The van der Waals surface area contributed by atoms with Crippen LogP contribution in [0.4, 0.5) is 5.69 Å². The van der Waals surface area contributed by atoms with E-state index in [4.69, 9.17) is 5.26 Å². The first-order valence-corrected chi connectivity index (χ1v) is 6.46. The Labute approximate surface area is 110 Å². The van der Waals surface area contributed by atoms with Gasteiger partial charge in [-0.25, -0.2) is 0 Å². The van der Waals surface area contributed by atoms with Crippen LogP contribution in [-0.2, 0) is 0 Å². The monoisotopic (exact) mass is 246 g/mol. The van der Waals surface area contributed by atoms with E-state index in [2.05, 4.69) is 24.8 Å². The molecule has 2 atom stereocenters. The van der Waals surface area contributed by atoms with Crippen LogP contribution in [0.1, 0.15) is 50.8 Å². The van der Waals surface area contributed by atoms with Crippen molar-refractivity contribution in [3.05, 3.63) is 29.3 Å². The minimum Gasteiger partial charge on any atom is -0.389 e. The van der Waals surface area contributed by atoms with E-state index in [0.717, 1.165) is 24.1 Å². The Hall–Kier alpha value is -1.53. The zero-order chi connectivity index (χ0) is 13.7. The highest BCUT2D eigenvalue weighted by molar-refractivity contribution is 5.58. The second kappa shape index (κ2) is 6.42. The van der Waals surface area contributed by atoms with E-state index in [0.29, 0.717) is 11.6 Å². The molecule has 0 bridgehead atoms. The number of aliphatic hydroxyl groups is 1. The topological polar surface area (TPSA) is 47.3 Å². The fourth-order valence-corrected chi connectivity index (χ4v) is 2.12. The fraction of sp³-hybridized carbons (Fsp3) is 0.533. The van der Waals surface area contributed by atoms with E-state index in [1.807, 2.05) is 19.2 Å². The number of nitrogens with zero attached hydrogens (tertiary/aromatic N) is 2. The number of rotatable bonds is 5. The Balaban J connectivity index is 3.15. The average molecular weight is 246 g/mol. The molecule has 0 aliphatic rings. The summed E-state index contributed by atoms with van der Waals surface area (Å²) in [6, 6.07) is 7.99. The summed E-state index contributed by atoms with van der Waals surface area (Å²) in [6.45, 7) is 6.07. The average Bonchev–Trinajstić information content (AvgIpc) is 2.37. The van der Waals surface area contributed by atoms with Gasteiger partial charge in [-0.15, -0.1) is 0 Å². The summed E-state index contributed by atoms with van der Waals surface area (Å²) in [5.41, 5.74) is 2.45. The van der Waals surface area contributed by atoms with Crippen molar-refractivity contribution in [2.45, 2.75) is 45.8 Å². The first kappa shape index (κ1) is 14.5. The largest absolute Gasteiger partial charge is 0.389 e. The standard InChI is InChI=1S/C15H22N2O/c1-5-6-11(2)17(4)15-9-13(10-16)7-8-14(15)12(3)18/h7-9,11-12,18H,5-6H2,1-4H3/t11?,12-/m1/s1. The van der Waals surface area contributed by atoms with Crippen LogP contribution in [0.15, 0.2) is 18.2 Å². The SMILES string of the molecule is CCCC(C)N(C)c1cc(C#N)ccc1[C@@H](C)O. The number of hydrogen-bond donors (Lipinski definition) is 1. The maximum atomic E-state index is 9.82. The first-order chi connectivity index (χ1) is 8.51. The van der Waals surface area contributed by atoms with Crippen LogP contribution in [0.3, 0.4) is 0 Å². The summed E-state index contributed by atoms with van der Waals surface area (Å²) in [7, 11) is 2.02. The highest BCUT2D eigenvalue weighted by atomic mass is 16.3. The van der Waals surface area contributed by atoms with Gasteiger partial charge < -0.3 is 10.0 Å². The molecule has 0 spiro atoms. The molecule has 1 aromatic carbocycles. The number of aliphatic hydroxyl groups excluding tert-OH is 1. The van der Waals surface area contributed by atoms with Gasteiger partial charge >= 0.3 is 0 Å². The van der Waals surface area contributed by atoms with Crippen LogP contribution in [0.5, 0.6) is 0 Å². The number of benzene rings is 1. The van der Waals surface area contributed by atoms with Gasteiger partial charge in [-0.3, -0.25) is 0 Å². The molecule has 0 amide bonds. The Morgan fingerprint density at radius 3 is 2.56 bits per heavy atom. The molecule has 18 heavy (non-hydrogen) atoms. The van der Waals surface area contributed by atoms with Gasteiger partial charge in [0.1, 0.15) is 0 Å². The summed E-state index contributed by atoms with van der Waals surface area (Å²) >= 11 is 0. The maximum Gasteiger partial charge on any atom is 0.0992 e. The summed E-state index contributed by atoms with van der Waals surface area (Å²) in [5.74, 6) is 0. The Morgan fingerprint density at radius 1 is 1.39 bits per heavy atom. The highest BCUT2D eigenvalue weighted by Gasteiger charge is 2.16. The van der Waals surface area contributed by atoms with E-state index in [1.54, 1.807) is 13.0 Å². The lowest BCUT2D eigenvalue weighted by Crippen LogP contribution is -2.29. The molecular weight excluding hydrogens is 224 g/mol. The van der Waals surface area contributed by atoms with Gasteiger partial charge in [-0.1, -0.05) is 19.4 Å². The van der Waals surface area contributed by atoms with Crippen molar-refractivity contribution < 1.29 is 5.11 Å². The van der Waals surface area contributed by atoms with Crippen LogP contribution in [0, 0.1) is 11.3 Å². The Morgan fingerprint density at radius 2 is 2.06 bits per heavy atom. The lowest BCUT2D eigenvalue weighted by Gasteiger charge is -2.29. The summed E-state index contributed by atoms with van der Waals surface area (Å²) < 4.78 is 0. The zero-order valence-electron chi connectivity index (χ0n) is 11.6. The molecule has 0 aliphatic carbocycles. The molecule has 0 aliphatic heterocycles. The minimum atomic E-state index is -0.524. The second-order valence-electron chi connectivity index (χ2n) is 4.81. The van der Waals surface area contributed by atoms with Crippen LogP contribution in [0.25, 0.3) is 0 Å². The van der Waals surface area contributed by atoms with Crippen molar-refractivity contribution in [1.29, 1.82) is 5.26 Å². The van der Waals surface area contributed by atoms with E-state index in [9.17, 15) is 5.11 Å². The van der Waals surface area contributed by atoms with Crippen LogP contribution >= 0.6 is 0 Å². The van der Waals surface area contributed by atoms with Crippen molar-refractivity contribution in [1.82, 2.24) is 0 Å². The van der Waals surface area contributed by atoms with Gasteiger partial charge in [0.25, 0.3) is 0 Å². The maximum absolute atomic E-state index is 9.82. The molecule has 0 radical (unpaired) electrons. The molecule has 0 fully saturated rings. The van der Waals surface area contributed by atoms with Crippen LogP contribution < -0.4 is 4.90 Å². The van der Waals surface area contributed by atoms with Crippen molar-refractivity contribution in [3.8, 4) is 6.07 Å². The smallest absolute Gasteiger partial charge is 0.0992 e. The number of anilines is 1. The molecule has 1 rings (SSSR count). The van der Waals surface area contributed by atoms with Gasteiger partial charge in [0.2, 0.25) is 0 Å². The third-order valence-corrected chi connectivity index (χ3v) is 3.36. The predicted molar refractivity (Wildman–Crippen MR) is 74.6 cm³/mol. The Kier molecular flexibility index (Phi) is 5.18. The van der Waals surface area contributed by atoms with Crippen molar-refractivity contribution >= 4 is 5.69 Å². The third-order valence-electron chi connectivity index (χ3n) is 3.36. The number of nitriles is 1. The molecule has 1 aromatic rings. The lowest BCUT2D eigenvalue weighted by molar-refractivity contribution is 0.199. The molecule has 3 heteroatoms. The third kappa shape index (κ3) is 3.24.